The summed E-state index contributed by atoms with van der Waals surface area (Å²) in [6, 6.07) is 7.95. The van der Waals surface area contributed by atoms with Crippen LogP contribution in [0.5, 0.6) is 0 Å². The lowest BCUT2D eigenvalue weighted by Crippen LogP contribution is -2.58. The summed E-state index contributed by atoms with van der Waals surface area (Å²) in [5.74, 6) is 0.233. The summed E-state index contributed by atoms with van der Waals surface area (Å²) in [7, 11) is 1.62. The van der Waals surface area contributed by atoms with E-state index in [1.807, 2.05) is 0 Å². The normalized spacial score (nSPS) is 16.5. The summed E-state index contributed by atoms with van der Waals surface area (Å²) in [5, 5.41) is 5.96. The van der Waals surface area contributed by atoms with Crippen LogP contribution in [0, 0.1) is 5.82 Å². The Kier molecular flexibility index (Phi) is 4.59. The number of amides is 1. The van der Waals surface area contributed by atoms with E-state index in [1.54, 1.807) is 37.6 Å². The predicted octanol–water partition coefficient (Wildman–Crippen LogP) is 1.81. The number of anilines is 2. The lowest BCUT2D eigenvalue weighted by molar-refractivity contribution is -0.125. The van der Waals surface area contributed by atoms with Crippen LogP contribution in [0.15, 0.2) is 42.7 Å². The van der Waals surface area contributed by atoms with Crippen LogP contribution in [0.1, 0.15) is 12.8 Å². The van der Waals surface area contributed by atoms with E-state index in [1.165, 1.54) is 12.1 Å². The van der Waals surface area contributed by atoms with E-state index < -0.39 is 5.54 Å². The molecule has 1 fully saturated rings. The van der Waals surface area contributed by atoms with Gasteiger partial charge in [0.15, 0.2) is 0 Å². The van der Waals surface area contributed by atoms with Gasteiger partial charge in [0, 0.05) is 38.2 Å². The number of benzene rings is 1. The summed E-state index contributed by atoms with van der Waals surface area (Å²) < 4.78 is 13.4. The molecule has 0 radical (unpaired) electrons. The van der Waals surface area contributed by atoms with E-state index in [4.69, 9.17) is 0 Å². The Bertz CT molecular complexity index is 701. The van der Waals surface area contributed by atoms with Crippen molar-refractivity contribution in [3.8, 4) is 0 Å². The number of hydrogen-bond acceptors (Lipinski definition) is 5. The molecule has 0 unspecified atom stereocenters. The molecule has 2 aromatic rings. The third kappa shape index (κ3) is 3.29. The molecule has 0 spiro atoms. The highest BCUT2D eigenvalue weighted by atomic mass is 19.1. The van der Waals surface area contributed by atoms with E-state index in [2.05, 4.69) is 25.5 Å². The van der Waals surface area contributed by atoms with Crippen molar-refractivity contribution in [3.63, 3.8) is 0 Å². The third-order valence-corrected chi connectivity index (χ3v) is 4.32. The van der Waals surface area contributed by atoms with Crippen LogP contribution < -0.4 is 15.5 Å². The second-order valence-corrected chi connectivity index (χ2v) is 5.83. The Morgan fingerprint density at radius 1 is 1.21 bits per heavy atom. The second kappa shape index (κ2) is 6.82. The zero-order chi connectivity index (χ0) is 17.0. The van der Waals surface area contributed by atoms with Crippen LogP contribution in [0.3, 0.4) is 0 Å². The fraction of sp³-hybridized carbons (Fsp3) is 0.353. The van der Waals surface area contributed by atoms with E-state index in [9.17, 15) is 9.18 Å². The first-order chi connectivity index (χ1) is 11.6. The number of piperidine rings is 1. The summed E-state index contributed by atoms with van der Waals surface area (Å²) in [5.41, 5.74) is -0.170. The third-order valence-electron chi connectivity index (χ3n) is 4.32. The van der Waals surface area contributed by atoms with Gasteiger partial charge in [-0.15, -0.1) is 0 Å². The minimum Gasteiger partial charge on any atom is -0.371 e. The van der Waals surface area contributed by atoms with E-state index >= 15 is 0 Å². The van der Waals surface area contributed by atoms with Crippen molar-refractivity contribution in [2.75, 3.05) is 30.4 Å². The molecule has 1 amide bonds. The highest BCUT2D eigenvalue weighted by Gasteiger charge is 2.41. The lowest BCUT2D eigenvalue weighted by Gasteiger charge is -2.41. The molecule has 1 aromatic heterocycles. The topological polar surface area (TPSA) is 70.2 Å². The van der Waals surface area contributed by atoms with Gasteiger partial charge in [-0.05, 0) is 37.1 Å². The van der Waals surface area contributed by atoms with Crippen molar-refractivity contribution in [2.45, 2.75) is 18.4 Å². The van der Waals surface area contributed by atoms with E-state index in [0.717, 1.165) is 0 Å². The number of nitrogens with zero attached hydrogens (tertiary/aromatic N) is 3. The standard InChI is InChI=1S/C17H20FN5O/c1-19-15(24)17(22-14-5-2-4-13(18)12-14)6-10-23(11-7-17)16-20-8-3-9-21-16/h2-5,8-9,12,22H,6-7,10-11H2,1H3,(H,19,24). The molecule has 0 atom stereocenters. The molecule has 126 valence electrons. The van der Waals surface area contributed by atoms with Gasteiger partial charge in [0.1, 0.15) is 11.4 Å². The fourth-order valence-electron chi connectivity index (χ4n) is 3.03. The minimum atomic E-state index is -0.770. The van der Waals surface area contributed by atoms with Gasteiger partial charge in [-0.25, -0.2) is 14.4 Å². The highest BCUT2D eigenvalue weighted by Crippen LogP contribution is 2.29. The highest BCUT2D eigenvalue weighted by molar-refractivity contribution is 5.89. The van der Waals surface area contributed by atoms with Crippen LogP contribution >= 0.6 is 0 Å². The minimum absolute atomic E-state index is 0.0969. The molecule has 0 bridgehead atoms. The molecule has 6 nitrogen and oxygen atoms in total. The number of rotatable bonds is 4. The molecule has 2 heterocycles. The average molecular weight is 329 g/mol. The SMILES string of the molecule is CNC(=O)C1(Nc2cccc(F)c2)CCN(c2ncccn2)CC1. The fourth-order valence-corrected chi connectivity index (χ4v) is 3.03. The van der Waals surface area contributed by atoms with Crippen LogP contribution in [-0.2, 0) is 4.79 Å². The number of carbonyl (C=O) groups is 1. The molecule has 0 saturated carbocycles. The first kappa shape index (κ1) is 16.2. The Balaban J connectivity index is 1.78. The molecule has 3 rings (SSSR count). The summed E-state index contributed by atoms with van der Waals surface area (Å²) in [6.07, 6.45) is 4.55. The first-order valence-electron chi connectivity index (χ1n) is 7.91. The summed E-state index contributed by atoms with van der Waals surface area (Å²) in [6.45, 7) is 1.28. The molecule has 24 heavy (non-hydrogen) atoms. The number of carbonyl (C=O) groups excluding carboxylic acids is 1. The quantitative estimate of drug-likeness (QED) is 0.895. The largest absolute Gasteiger partial charge is 0.371 e. The van der Waals surface area contributed by atoms with Crippen molar-refractivity contribution in [1.29, 1.82) is 0 Å². The maximum atomic E-state index is 13.4. The smallest absolute Gasteiger partial charge is 0.245 e. The van der Waals surface area contributed by atoms with Gasteiger partial charge in [-0.2, -0.15) is 0 Å². The predicted molar refractivity (Wildman–Crippen MR) is 90.3 cm³/mol. The average Bonchev–Trinajstić information content (AvgIpc) is 2.62. The van der Waals surface area contributed by atoms with Crippen molar-refractivity contribution >= 4 is 17.5 Å². The van der Waals surface area contributed by atoms with Gasteiger partial charge >= 0.3 is 0 Å². The van der Waals surface area contributed by atoms with Crippen LogP contribution in [-0.4, -0.2) is 41.6 Å². The molecule has 1 aliphatic rings. The summed E-state index contributed by atoms with van der Waals surface area (Å²) >= 11 is 0. The van der Waals surface area contributed by atoms with Crippen molar-refractivity contribution in [1.82, 2.24) is 15.3 Å². The number of halogens is 1. The number of hydrogen-bond donors (Lipinski definition) is 2. The Labute approximate surface area is 140 Å². The maximum Gasteiger partial charge on any atom is 0.245 e. The van der Waals surface area contributed by atoms with Crippen molar-refractivity contribution in [2.24, 2.45) is 0 Å². The maximum absolute atomic E-state index is 13.4. The molecule has 2 N–H and O–H groups in total. The Morgan fingerprint density at radius 3 is 2.54 bits per heavy atom. The number of nitrogens with one attached hydrogen (secondary N) is 2. The van der Waals surface area contributed by atoms with Gasteiger partial charge in [-0.3, -0.25) is 4.79 Å². The van der Waals surface area contributed by atoms with E-state index in [-0.39, 0.29) is 11.7 Å². The molecular weight excluding hydrogens is 309 g/mol. The van der Waals surface area contributed by atoms with E-state index in [0.29, 0.717) is 37.6 Å². The molecular formula is C17H20FN5O. The molecule has 0 aliphatic carbocycles. The Hall–Kier alpha value is -2.70. The Morgan fingerprint density at radius 2 is 1.92 bits per heavy atom. The van der Waals surface area contributed by atoms with Crippen molar-refractivity contribution < 1.29 is 9.18 Å². The van der Waals surface area contributed by atoms with Gasteiger partial charge in [0.2, 0.25) is 11.9 Å². The zero-order valence-electron chi connectivity index (χ0n) is 13.5. The molecule has 1 saturated heterocycles. The van der Waals surface area contributed by atoms with Crippen LogP contribution in [0.2, 0.25) is 0 Å². The van der Waals surface area contributed by atoms with Gasteiger partial charge in [0.05, 0.1) is 0 Å². The molecule has 1 aliphatic heterocycles. The van der Waals surface area contributed by atoms with Crippen LogP contribution in [0.4, 0.5) is 16.0 Å². The molecule has 1 aromatic carbocycles. The first-order valence-corrected chi connectivity index (χ1v) is 7.91. The monoisotopic (exact) mass is 329 g/mol. The lowest BCUT2D eigenvalue weighted by atomic mass is 9.86. The second-order valence-electron chi connectivity index (χ2n) is 5.83. The molecule has 7 heteroatoms. The van der Waals surface area contributed by atoms with Gasteiger partial charge < -0.3 is 15.5 Å². The van der Waals surface area contributed by atoms with Gasteiger partial charge in [-0.1, -0.05) is 6.07 Å². The number of likely N-dealkylation sites (N-methyl/N-ethyl adjacent to an activating group) is 1. The van der Waals surface area contributed by atoms with Crippen molar-refractivity contribution in [3.05, 3.63) is 48.5 Å². The van der Waals surface area contributed by atoms with Crippen LogP contribution in [0.25, 0.3) is 0 Å². The number of aromatic nitrogens is 2. The summed E-state index contributed by atoms with van der Waals surface area (Å²) in [4.78, 5) is 23.1. The van der Waals surface area contributed by atoms with Gasteiger partial charge in [0.25, 0.3) is 0 Å². The zero-order valence-corrected chi connectivity index (χ0v) is 13.5.